The fourth-order valence-electron chi connectivity index (χ4n) is 1.58. The van der Waals surface area contributed by atoms with Gasteiger partial charge >= 0.3 is 0 Å². The van der Waals surface area contributed by atoms with Crippen molar-refractivity contribution in [2.75, 3.05) is 6.54 Å². The van der Waals surface area contributed by atoms with Crippen molar-refractivity contribution in [1.29, 1.82) is 0 Å². The maximum absolute atomic E-state index is 13.1. The minimum atomic E-state index is -0.542. The molecule has 0 fully saturated rings. The van der Waals surface area contributed by atoms with E-state index in [2.05, 4.69) is 5.32 Å². The normalized spacial score (nSPS) is 12.3. The molecule has 0 saturated carbocycles. The summed E-state index contributed by atoms with van der Waals surface area (Å²) in [6.45, 7) is 6.62. The Morgan fingerprint density at radius 3 is 2.25 bits per heavy atom. The van der Waals surface area contributed by atoms with E-state index in [1.165, 1.54) is 12.1 Å². The largest absolute Gasteiger partial charge is 0.307 e. The van der Waals surface area contributed by atoms with E-state index in [-0.39, 0.29) is 6.04 Å². The fraction of sp³-hybridized carbons (Fsp3) is 0.385. The highest BCUT2D eigenvalue weighted by Crippen LogP contribution is 2.18. The monoisotopic (exact) mass is 225 g/mol. The number of hydrogen-bond acceptors (Lipinski definition) is 1. The van der Waals surface area contributed by atoms with E-state index in [9.17, 15) is 8.78 Å². The summed E-state index contributed by atoms with van der Waals surface area (Å²) >= 11 is 0. The third kappa shape index (κ3) is 3.74. The van der Waals surface area contributed by atoms with Crippen molar-refractivity contribution in [3.05, 3.63) is 47.0 Å². The Hall–Kier alpha value is -1.22. The van der Waals surface area contributed by atoms with E-state index >= 15 is 0 Å². The number of hydrogen-bond donors (Lipinski definition) is 1. The van der Waals surface area contributed by atoms with Crippen molar-refractivity contribution in [2.24, 2.45) is 0 Å². The smallest absolute Gasteiger partial charge is 0.126 e. The van der Waals surface area contributed by atoms with Crippen molar-refractivity contribution in [3.63, 3.8) is 0 Å². The van der Waals surface area contributed by atoms with E-state index in [0.717, 1.165) is 18.2 Å². The van der Waals surface area contributed by atoms with Crippen LogP contribution in [-0.4, -0.2) is 6.54 Å². The average Bonchev–Trinajstić information content (AvgIpc) is 2.14. The zero-order chi connectivity index (χ0) is 12.1. The van der Waals surface area contributed by atoms with Gasteiger partial charge in [-0.15, -0.1) is 0 Å². The van der Waals surface area contributed by atoms with Gasteiger partial charge < -0.3 is 5.32 Å². The van der Waals surface area contributed by atoms with Crippen LogP contribution >= 0.6 is 0 Å². The van der Waals surface area contributed by atoms with Crippen LogP contribution in [0.3, 0.4) is 0 Å². The van der Waals surface area contributed by atoms with Crippen LogP contribution in [0, 0.1) is 11.6 Å². The van der Waals surface area contributed by atoms with Gasteiger partial charge in [0.15, 0.2) is 0 Å². The Kier molecular flexibility index (Phi) is 4.62. The first kappa shape index (κ1) is 12.8. The van der Waals surface area contributed by atoms with Crippen molar-refractivity contribution in [2.45, 2.75) is 26.8 Å². The van der Waals surface area contributed by atoms with Gasteiger partial charge in [-0.3, -0.25) is 0 Å². The highest BCUT2D eigenvalue weighted by molar-refractivity contribution is 5.25. The third-order valence-corrected chi connectivity index (χ3v) is 2.17. The van der Waals surface area contributed by atoms with Gasteiger partial charge in [0.05, 0.1) is 6.04 Å². The van der Waals surface area contributed by atoms with E-state index < -0.39 is 11.6 Å². The molecule has 0 aliphatic rings. The number of halogens is 2. The molecule has 16 heavy (non-hydrogen) atoms. The SMILES string of the molecule is CCNC(C=C(C)C)c1cc(F)cc(F)c1. The molecule has 0 bridgehead atoms. The Morgan fingerprint density at radius 1 is 1.25 bits per heavy atom. The van der Waals surface area contributed by atoms with Crippen LogP contribution in [0.4, 0.5) is 8.78 Å². The number of rotatable bonds is 4. The first-order valence-corrected chi connectivity index (χ1v) is 5.37. The minimum Gasteiger partial charge on any atom is -0.307 e. The van der Waals surface area contributed by atoms with E-state index in [0.29, 0.717) is 5.56 Å². The van der Waals surface area contributed by atoms with Crippen LogP contribution < -0.4 is 5.32 Å². The molecule has 0 aliphatic heterocycles. The summed E-state index contributed by atoms with van der Waals surface area (Å²) in [6, 6.07) is 3.46. The molecular weight excluding hydrogens is 208 g/mol. The second kappa shape index (κ2) is 5.75. The summed E-state index contributed by atoms with van der Waals surface area (Å²) in [5, 5.41) is 3.17. The second-order valence-electron chi connectivity index (χ2n) is 3.98. The van der Waals surface area contributed by atoms with Gasteiger partial charge in [-0.2, -0.15) is 0 Å². The van der Waals surface area contributed by atoms with E-state index in [1.54, 1.807) is 0 Å². The molecule has 1 aromatic carbocycles. The summed E-state index contributed by atoms with van der Waals surface area (Å²) in [5.74, 6) is -1.08. The van der Waals surface area contributed by atoms with Crippen LogP contribution in [0.5, 0.6) is 0 Å². The predicted molar refractivity (Wildman–Crippen MR) is 62.2 cm³/mol. The van der Waals surface area contributed by atoms with Crippen molar-refractivity contribution >= 4 is 0 Å². The molecule has 1 nitrogen and oxygen atoms in total. The van der Waals surface area contributed by atoms with E-state index in [1.807, 2.05) is 26.8 Å². The Labute approximate surface area is 95.2 Å². The molecule has 0 saturated heterocycles. The van der Waals surface area contributed by atoms with Crippen LogP contribution in [-0.2, 0) is 0 Å². The lowest BCUT2D eigenvalue weighted by Crippen LogP contribution is -2.19. The molecule has 0 aliphatic carbocycles. The molecule has 1 aromatic rings. The summed E-state index contributed by atoms with van der Waals surface area (Å²) in [6.07, 6.45) is 1.96. The molecule has 1 atom stereocenters. The third-order valence-electron chi connectivity index (χ3n) is 2.17. The predicted octanol–water partition coefficient (Wildman–Crippen LogP) is 3.58. The molecule has 1 N–H and O–H groups in total. The van der Waals surface area contributed by atoms with Crippen molar-refractivity contribution in [1.82, 2.24) is 5.32 Å². The van der Waals surface area contributed by atoms with Gasteiger partial charge in [-0.05, 0) is 38.1 Å². The van der Waals surface area contributed by atoms with Crippen LogP contribution in [0.15, 0.2) is 29.8 Å². The number of nitrogens with one attached hydrogen (secondary N) is 1. The standard InChI is InChI=1S/C13H17F2N/c1-4-16-13(5-9(2)3)10-6-11(14)8-12(15)7-10/h5-8,13,16H,4H2,1-3H3. The zero-order valence-corrected chi connectivity index (χ0v) is 9.85. The van der Waals surface area contributed by atoms with Crippen LogP contribution in [0.25, 0.3) is 0 Å². The van der Waals surface area contributed by atoms with Gasteiger partial charge in [0.1, 0.15) is 11.6 Å². The lowest BCUT2D eigenvalue weighted by atomic mass is 10.0. The molecule has 1 unspecified atom stereocenters. The Morgan fingerprint density at radius 2 is 1.81 bits per heavy atom. The zero-order valence-electron chi connectivity index (χ0n) is 9.85. The average molecular weight is 225 g/mol. The maximum atomic E-state index is 13.1. The summed E-state index contributed by atoms with van der Waals surface area (Å²) in [5.41, 5.74) is 1.72. The first-order valence-electron chi connectivity index (χ1n) is 5.37. The molecule has 0 radical (unpaired) electrons. The second-order valence-corrected chi connectivity index (χ2v) is 3.98. The molecule has 0 amide bonds. The molecule has 3 heteroatoms. The number of benzene rings is 1. The van der Waals surface area contributed by atoms with Crippen LogP contribution in [0.1, 0.15) is 32.4 Å². The maximum Gasteiger partial charge on any atom is 0.126 e. The summed E-state index contributed by atoms with van der Waals surface area (Å²) < 4.78 is 26.2. The Balaban J connectivity index is 3.05. The highest BCUT2D eigenvalue weighted by Gasteiger charge is 2.09. The van der Waals surface area contributed by atoms with Crippen molar-refractivity contribution < 1.29 is 8.78 Å². The fourth-order valence-corrected chi connectivity index (χ4v) is 1.58. The van der Waals surface area contributed by atoms with Gasteiger partial charge in [-0.25, -0.2) is 8.78 Å². The first-order chi connectivity index (χ1) is 7.52. The van der Waals surface area contributed by atoms with Gasteiger partial charge in [0, 0.05) is 6.07 Å². The van der Waals surface area contributed by atoms with Crippen LogP contribution in [0.2, 0.25) is 0 Å². The quantitative estimate of drug-likeness (QED) is 0.772. The number of likely N-dealkylation sites (N-methyl/N-ethyl adjacent to an activating group) is 1. The molecule has 1 rings (SSSR count). The lowest BCUT2D eigenvalue weighted by Gasteiger charge is -2.15. The molecule has 0 heterocycles. The molecular formula is C13H17F2N. The van der Waals surface area contributed by atoms with Gasteiger partial charge in [0.2, 0.25) is 0 Å². The molecule has 0 aromatic heterocycles. The highest BCUT2D eigenvalue weighted by atomic mass is 19.1. The van der Waals surface area contributed by atoms with Gasteiger partial charge in [-0.1, -0.05) is 18.6 Å². The number of allylic oxidation sites excluding steroid dienone is 1. The molecule has 0 spiro atoms. The van der Waals surface area contributed by atoms with Gasteiger partial charge in [0.25, 0.3) is 0 Å². The summed E-state index contributed by atoms with van der Waals surface area (Å²) in [7, 11) is 0. The van der Waals surface area contributed by atoms with E-state index in [4.69, 9.17) is 0 Å². The summed E-state index contributed by atoms with van der Waals surface area (Å²) in [4.78, 5) is 0. The Bertz CT molecular complexity index is 361. The topological polar surface area (TPSA) is 12.0 Å². The van der Waals surface area contributed by atoms with Crippen molar-refractivity contribution in [3.8, 4) is 0 Å². The molecule has 88 valence electrons. The lowest BCUT2D eigenvalue weighted by molar-refractivity contribution is 0.568. The minimum absolute atomic E-state index is 0.139.